The molecule has 4 N–H and O–H groups in total. The summed E-state index contributed by atoms with van der Waals surface area (Å²) in [5.74, 6) is 0.00835. The van der Waals surface area contributed by atoms with Crippen LogP contribution in [0.3, 0.4) is 0 Å². The Morgan fingerprint density at radius 1 is 1.44 bits per heavy atom. The van der Waals surface area contributed by atoms with Crippen molar-refractivity contribution in [1.29, 1.82) is 0 Å². The van der Waals surface area contributed by atoms with Crippen LogP contribution in [0.5, 0.6) is 0 Å². The molecule has 1 aromatic carbocycles. The first-order valence-corrected chi connectivity index (χ1v) is 12.1. The number of nitrogen functional groups attached to an aromatic ring is 1. The van der Waals surface area contributed by atoms with Crippen molar-refractivity contribution in [2.45, 2.75) is 43.5 Å². The molecular formula is C19H23BrN3O8P. The minimum atomic E-state index is -3.96. The normalized spacial score (nSPS) is 35.1. The first kappa shape index (κ1) is 23.5. The highest BCUT2D eigenvalue weighted by Crippen LogP contribution is 2.57. The number of ether oxygens (including phenoxy) is 1. The third-order valence-electron chi connectivity index (χ3n) is 5.36. The van der Waals surface area contributed by atoms with Gasteiger partial charge in [0.2, 0.25) is 0 Å². The Hall–Kier alpha value is -1.63. The van der Waals surface area contributed by atoms with Crippen LogP contribution in [0.15, 0.2) is 45.8 Å². The molecule has 4 rings (SSSR count). The molecule has 0 spiro atoms. The highest BCUT2D eigenvalue weighted by atomic mass is 79.9. The van der Waals surface area contributed by atoms with E-state index in [0.29, 0.717) is 6.42 Å². The van der Waals surface area contributed by atoms with Crippen LogP contribution in [0, 0.1) is 0 Å². The Morgan fingerprint density at radius 2 is 2.22 bits per heavy atom. The van der Waals surface area contributed by atoms with Crippen molar-refractivity contribution in [2.24, 2.45) is 0 Å². The molecule has 6 atom stereocenters. The van der Waals surface area contributed by atoms with Gasteiger partial charge in [0.05, 0.1) is 19.3 Å². The van der Waals surface area contributed by atoms with Crippen molar-refractivity contribution in [2.75, 3.05) is 18.9 Å². The van der Waals surface area contributed by atoms with E-state index >= 15 is 0 Å². The maximum Gasteiger partial charge on any atom is 0.475 e. The van der Waals surface area contributed by atoms with Crippen LogP contribution in [0.2, 0.25) is 0 Å². The molecule has 13 heteroatoms. The molecule has 0 saturated carbocycles. The second-order valence-electron chi connectivity index (χ2n) is 7.75. The van der Waals surface area contributed by atoms with Gasteiger partial charge in [-0.2, -0.15) is 4.98 Å². The lowest BCUT2D eigenvalue weighted by Gasteiger charge is -2.30. The van der Waals surface area contributed by atoms with Crippen LogP contribution in [-0.2, 0) is 22.9 Å². The van der Waals surface area contributed by atoms with Gasteiger partial charge in [-0.05, 0) is 30.7 Å². The number of benzene rings is 1. The first-order valence-electron chi connectivity index (χ1n) is 9.82. The van der Waals surface area contributed by atoms with Gasteiger partial charge in [-0.25, -0.2) is 9.36 Å². The molecule has 0 bridgehead atoms. The van der Waals surface area contributed by atoms with Crippen LogP contribution in [0.4, 0.5) is 5.82 Å². The monoisotopic (exact) mass is 531 g/mol. The number of halogens is 1. The molecule has 2 fully saturated rings. The molecule has 0 aliphatic carbocycles. The van der Waals surface area contributed by atoms with Gasteiger partial charge in [-0.1, -0.05) is 28.1 Å². The fourth-order valence-electron chi connectivity index (χ4n) is 3.66. The maximum absolute atomic E-state index is 13.0. The molecule has 3 heterocycles. The molecule has 2 aromatic rings. The lowest BCUT2D eigenvalue weighted by atomic mass is 9.96. The molecule has 1 aromatic heterocycles. The second-order valence-corrected chi connectivity index (χ2v) is 10.3. The fourth-order valence-corrected chi connectivity index (χ4v) is 5.47. The third-order valence-corrected chi connectivity index (χ3v) is 7.33. The van der Waals surface area contributed by atoms with Gasteiger partial charge < -0.3 is 20.7 Å². The minimum absolute atomic E-state index is 0.00835. The minimum Gasteiger partial charge on any atom is -0.387 e. The van der Waals surface area contributed by atoms with Crippen LogP contribution in [0.25, 0.3) is 0 Å². The largest absolute Gasteiger partial charge is 0.475 e. The zero-order valence-electron chi connectivity index (χ0n) is 17.0. The predicted octanol–water partition coefficient (Wildman–Crippen LogP) is 1.90. The van der Waals surface area contributed by atoms with Crippen molar-refractivity contribution in [3.63, 3.8) is 0 Å². The van der Waals surface area contributed by atoms with E-state index in [1.165, 1.54) is 19.2 Å². The van der Waals surface area contributed by atoms with Gasteiger partial charge in [0.15, 0.2) is 6.23 Å². The van der Waals surface area contributed by atoms with E-state index in [1.807, 2.05) is 24.3 Å². The van der Waals surface area contributed by atoms with Crippen LogP contribution in [0.1, 0.15) is 31.2 Å². The summed E-state index contributed by atoms with van der Waals surface area (Å²) >= 11 is 3.39. The van der Waals surface area contributed by atoms with Crippen molar-refractivity contribution >= 4 is 29.6 Å². The van der Waals surface area contributed by atoms with Crippen molar-refractivity contribution < 1.29 is 33.1 Å². The zero-order valence-corrected chi connectivity index (χ0v) is 19.5. The Morgan fingerprint density at radius 3 is 2.94 bits per heavy atom. The number of rotatable bonds is 5. The average Bonchev–Trinajstić information content (AvgIpc) is 2.96. The van der Waals surface area contributed by atoms with Crippen LogP contribution in [-0.4, -0.2) is 50.8 Å². The molecule has 2 aliphatic rings. The third kappa shape index (κ3) is 4.68. The number of nitrogens with two attached hydrogens (primary N) is 1. The lowest BCUT2D eigenvalue weighted by molar-refractivity contribution is -0.0989. The summed E-state index contributed by atoms with van der Waals surface area (Å²) in [6.45, 7) is 1.05. The zero-order chi connectivity index (χ0) is 23.1. The van der Waals surface area contributed by atoms with Gasteiger partial charge >= 0.3 is 13.5 Å². The number of anilines is 1. The van der Waals surface area contributed by atoms with Gasteiger partial charge in [0, 0.05) is 17.1 Å². The number of aliphatic hydroxyl groups excluding tert-OH is 1. The number of aromatic nitrogens is 2. The van der Waals surface area contributed by atoms with Gasteiger partial charge in [0.25, 0.3) is 0 Å². The van der Waals surface area contributed by atoms with E-state index in [-0.39, 0.29) is 12.4 Å². The smallest absolute Gasteiger partial charge is 0.387 e. The van der Waals surface area contributed by atoms with Crippen LogP contribution < -0.4 is 11.4 Å². The van der Waals surface area contributed by atoms with Crippen molar-refractivity contribution in [3.05, 3.63) is 57.0 Å². The molecule has 0 amide bonds. The quantitative estimate of drug-likeness (QED) is 0.487. The Labute approximate surface area is 191 Å². The molecule has 2 aliphatic heterocycles. The Kier molecular flexibility index (Phi) is 6.59. The number of phosphoric acid groups is 1. The summed E-state index contributed by atoms with van der Waals surface area (Å²) in [4.78, 5) is 15.8. The number of aliphatic hydroxyl groups is 2. The van der Waals surface area contributed by atoms with Crippen molar-refractivity contribution in [3.8, 4) is 0 Å². The van der Waals surface area contributed by atoms with E-state index in [4.69, 9.17) is 24.0 Å². The molecule has 32 heavy (non-hydrogen) atoms. The van der Waals surface area contributed by atoms with Gasteiger partial charge in [0.1, 0.15) is 23.6 Å². The number of hydrogen-bond acceptors (Lipinski definition) is 10. The van der Waals surface area contributed by atoms with E-state index in [1.54, 1.807) is 0 Å². The van der Waals surface area contributed by atoms with E-state index < -0.39 is 50.3 Å². The van der Waals surface area contributed by atoms with E-state index in [0.717, 1.165) is 14.6 Å². The van der Waals surface area contributed by atoms with E-state index in [9.17, 15) is 19.6 Å². The van der Waals surface area contributed by atoms with Crippen molar-refractivity contribution in [1.82, 2.24) is 9.55 Å². The first-order chi connectivity index (χ1) is 15.1. The summed E-state index contributed by atoms with van der Waals surface area (Å²) < 4.78 is 36.8. The molecular weight excluding hydrogens is 509 g/mol. The number of phosphoric ester groups is 1. The Bertz CT molecular complexity index is 1100. The summed E-state index contributed by atoms with van der Waals surface area (Å²) in [5.41, 5.74) is 3.68. The average molecular weight is 532 g/mol. The Balaban J connectivity index is 1.46. The highest BCUT2D eigenvalue weighted by molar-refractivity contribution is 9.10. The fraction of sp³-hybridized carbons (Fsp3) is 0.474. The van der Waals surface area contributed by atoms with E-state index in [2.05, 4.69) is 20.9 Å². The maximum atomic E-state index is 13.0. The summed E-state index contributed by atoms with van der Waals surface area (Å²) in [5, 5.41) is 21.3. The molecule has 0 radical (unpaired) electrons. The highest BCUT2D eigenvalue weighted by Gasteiger charge is 2.54. The number of hydrogen-bond donors (Lipinski definition) is 3. The topological polar surface area (TPSA) is 155 Å². The second kappa shape index (κ2) is 8.96. The molecule has 11 nitrogen and oxygen atoms in total. The number of nitrogens with zero attached hydrogens (tertiary/aromatic N) is 2. The summed E-state index contributed by atoms with van der Waals surface area (Å²) in [7, 11) is -3.96. The summed E-state index contributed by atoms with van der Waals surface area (Å²) in [6, 6.07) is 8.76. The SMILES string of the molecule is C[C@@]1(O)[C@H](O)[C@@H](COP2(=O)OCC[C@@H](c3cccc(Br)c3)O2)O[C@H]1n1ccc(N)nc1=O. The van der Waals surface area contributed by atoms with Gasteiger partial charge in [-0.3, -0.25) is 18.1 Å². The standard InChI is InChI=1S/C19H23BrN3O8P/c1-19(26)16(24)14(30-17(19)23-7-5-15(21)22-18(23)25)10-29-32(27)28-8-6-13(31-32)11-3-2-4-12(20)9-11/h2-5,7,9,13-14,16-17,24,26H,6,8,10H2,1H3,(H2,21,22,25)/t13-,14+,16+,17+,19+,32?/m0/s1. The summed E-state index contributed by atoms with van der Waals surface area (Å²) in [6.07, 6.45) is -2.57. The lowest BCUT2D eigenvalue weighted by Crippen LogP contribution is -2.46. The predicted molar refractivity (Wildman–Crippen MR) is 116 cm³/mol. The molecule has 174 valence electrons. The molecule has 2 saturated heterocycles. The molecule has 1 unspecified atom stereocenters. The van der Waals surface area contributed by atoms with Crippen LogP contribution >= 0.6 is 23.8 Å². The van der Waals surface area contributed by atoms with Gasteiger partial charge in [-0.15, -0.1) is 0 Å².